The zero-order valence-electron chi connectivity index (χ0n) is 13.3. The fourth-order valence-corrected chi connectivity index (χ4v) is 3.03. The zero-order chi connectivity index (χ0) is 15.2. The molecular weight excluding hydrogens is 272 g/mol. The second-order valence-electron chi connectivity index (χ2n) is 6.17. The van der Waals surface area contributed by atoms with E-state index in [1.54, 1.807) is 9.80 Å². The van der Waals surface area contributed by atoms with Crippen molar-refractivity contribution in [3.63, 3.8) is 0 Å². The molecule has 116 valence electrons. The summed E-state index contributed by atoms with van der Waals surface area (Å²) in [5, 5.41) is 0. The fourth-order valence-electron chi connectivity index (χ4n) is 3.03. The van der Waals surface area contributed by atoms with Crippen LogP contribution in [0.15, 0.2) is 54.6 Å². The van der Waals surface area contributed by atoms with Crippen molar-refractivity contribution in [1.82, 2.24) is 0 Å². The summed E-state index contributed by atoms with van der Waals surface area (Å²) >= 11 is 0. The highest BCUT2D eigenvalue weighted by atomic mass is 16.5. The lowest BCUT2D eigenvalue weighted by atomic mass is 10.1. The van der Waals surface area contributed by atoms with Gasteiger partial charge in [0, 0.05) is 5.56 Å². The van der Waals surface area contributed by atoms with Crippen LogP contribution in [0, 0.1) is 0 Å². The molecule has 0 unspecified atom stereocenters. The molecule has 1 saturated heterocycles. The molecule has 0 spiro atoms. The maximum Gasteiger partial charge on any atom is 0.137 e. The van der Waals surface area contributed by atoms with E-state index < -0.39 is 0 Å². The number of ether oxygens (including phenoxy) is 1. The van der Waals surface area contributed by atoms with Gasteiger partial charge in [-0.25, -0.2) is 0 Å². The van der Waals surface area contributed by atoms with Crippen molar-refractivity contribution in [2.24, 2.45) is 0 Å². The molecule has 3 nitrogen and oxygen atoms in total. The molecule has 1 aliphatic heterocycles. The Morgan fingerprint density at radius 1 is 0.864 bits per heavy atom. The SMILES string of the molecule is C[NH+]1CC[NH+](CCOc2ccccc2-c2ccccc2)CC1. The third-order valence-corrected chi connectivity index (χ3v) is 4.50. The quantitative estimate of drug-likeness (QED) is 0.804. The summed E-state index contributed by atoms with van der Waals surface area (Å²) in [6, 6.07) is 18.8. The van der Waals surface area contributed by atoms with Gasteiger partial charge in [-0.05, 0) is 11.6 Å². The van der Waals surface area contributed by atoms with Crippen molar-refractivity contribution >= 4 is 0 Å². The fraction of sp³-hybridized carbons (Fsp3) is 0.368. The molecule has 0 aliphatic carbocycles. The van der Waals surface area contributed by atoms with Crippen molar-refractivity contribution < 1.29 is 14.5 Å². The number of benzene rings is 2. The molecule has 1 aliphatic rings. The molecule has 2 aromatic rings. The molecule has 0 aromatic heterocycles. The van der Waals surface area contributed by atoms with E-state index in [1.807, 2.05) is 12.1 Å². The van der Waals surface area contributed by atoms with Crippen LogP contribution in [0.1, 0.15) is 0 Å². The minimum atomic E-state index is 0.790. The first-order valence-electron chi connectivity index (χ1n) is 8.25. The van der Waals surface area contributed by atoms with Gasteiger partial charge in [-0.3, -0.25) is 0 Å². The minimum absolute atomic E-state index is 0.790. The van der Waals surface area contributed by atoms with E-state index in [0.717, 1.165) is 18.9 Å². The van der Waals surface area contributed by atoms with Gasteiger partial charge < -0.3 is 14.5 Å². The van der Waals surface area contributed by atoms with E-state index in [9.17, 15) is 0 Å². The summed E-state index contributed by atoms with van der Waals surface area (Å²) in [7, 11) is 2.28. The molecular formula is C19H26N2O+2. The number of hydrogen-bond donors (Lipinski definition) is 2. The Bertz CT molecular complexity index is 577. The lowest BCUT2D eigenvalue weighted by Gasteiger charge is -2.27. The number of hydrogen-bond acceptors (Lipinski definition) is 1. The molecule has 1 heterocycles. The van der Waals surface area contributed by atoms with Crippen LogP contribution in [-0.2, 0) is 0 Å². The number of para-hydroxylation sites is 1. The highest BCUT2D eigenvalue weighted by Gasteiger charge is 2.19. The van der Waals surface area contributed by atoms with Crippen LogP contribution in [0.2, 0.25) is 0 Å². The van der Waals surface area contributed by atoms with E-state index in [1.165, 1.54) is 37.3 Å². The van der Waals surface area contributed by atoms with E-state index in [4.69, 9.17) is 4.74 Å². The lowest BCUT2D eigenvalue weighted by molar-refractivity contribution is -1.00. The Balaban J connectivity index is 1.59. The minimum Gasteiger partial charge on any atom is -0.487 e. The monoisotopic (exact) mass is 298 g/mol. The Hall–Kier alpha value is -1.84. The summed E-state index contributed by atoms with van der Waals surface area (Å²) in [6.45, 7) is 6.95. The second-order valence-corrected chi connectivity index (χ2v) is 6.17. The number of quaternary nitrogens is 2. The van der Waals surface area contributed by atoms with Gasteiger partial charge in [0.15, 0.2) is 0 Å². The summed E-state index contributed by atoms with van der Waals surface area (Å²) in [4.78, 5) is 3.32. The van der Waals surface area contributed by atoms with Gasteiger partial charge in [0.1, 0.15) is 45.1 Å². The van der Waals surface area contributed by atoms with Gasteiger partial charge in [0.25, 0.3) is 0 Å². The third-order valence-electron chi connectivity index (χ3n) is 4.50. The Kier molecular flexibility index (Phi) is 5.09. The maximum atomic E-state index is 6.09. The van der Waals surface area contributed by atoms with E-state index in [-0.39, 0.29) is 0 Å². The summed E-state index contributed by atoms with van der Waals surface area (Å²) in [5.41, 5.74) is 2.40. The predicted molar refractivity (Wildman–Crippen MR) is 89.6 cm³/mol. The van der Waals surface area contributed by atoms with Crippen molar-refractivity contribution in [2.45, 2.75) is 0 Å². The topological polar surface area (TPSA) is 18.1 Å². The van der Waals surface area contributed by atoms with Crippen molar-refractivity contribution in [1.29, 1.82) is 0 Å². The highest BCUT2D eigenvalue weighted by molar-refractivity contribution is 5.70. The molecule has 3 rings (SSSR count). The average molecular weight is 298 g/mol. The smallest absolute Gasteiger partial charge is 0.137 e. The normalized spacial score (nSPS) is 21.5. The summed E-state index contributed by atoms with van der Waals surface area (Å²) in [6.07, 6.45) is 0. The van der Waals surface area contributed by atoms with Crippen molar-refractivity contribution in [3.8, 4) is 16.9 Å². The van der Waals surface area contributed by atoms with Crippen LogP contribution >= 0.6 is 0 Å². The zero-order valence-corrected chi connectivity index (χ0v) is 13.3. The molecule has 0 radical (unpaired) electrons. The standard InChI is InChI=1S/C19H24N2O/c1-20-11-13-21(14-12-20)15-16-22-19-10-6-5-9-18(19)17-7-3-2-4-8-17/h2-10H,11-16H2,1H3/p+2. The van der Waals surface area contributed by atoms with Crippen LogP contribution in [-0.4, -0.2) is 46.4 Å². The predicted octanol–water partition coefficient (Wildman–Crippen LogP) is 0.146. The Morgan fingerprint density at radius 3 is 2.32 bits per heavy atom. The van der Waals surface area contributed by atoms with Crippen LogP contribution in [0.4, 0.5) is 0 Å². The van der Waals surface area contributed by atoms with E-state index >= 15 is 0 Å². The first-order valence-corrected chi connectivity index (χ1v) is 8.25. The lowest BCUT2D eigenvalue weighted by Crippen LogP contribution is -3.27. The van der Waals surface area contributed by atoms with Crippen LogP contribution in [0.25, 0.3) is 11.1 Å². The largest absolute Gasteiger partial charge is 0.487 e. The van der Waals surface area contributed by atoms with E-state index in [0.29, 0.717) is 0 Å². The molecule has 2 aromatic carbocycles. The first kappa shape index (κ1) is 15.1. The number of piperazine rings is 1. The number of likely N-dealkylation sites (N-methyl/N-ethyl adjacent to an activating group) is 1. The molecule has 0 saturated carbocycles. The molecule has 0 bridgehead atoms. The van der Waals surface area contributed by atoms with Gasteiger partial charge in [-0.15, -0.1) is 0 Å². The summed E-state index contributed by atoms with van der Waals surface area (Å²) in [5.74, 6) is 0.993. The van der Waals surface area contributed by atoms with Crippen molar-refractivity contribution in [3.05, 3.63) is 54.6 Å². The molecule has 2 N–H and O–H groups in total. The molecule has 0 atom stereocenters. The van der Waals surface area contributed by atoms with Gasteiger partial charge in [-0.1, -0.05) is 48.5 Å². The van der Waals surface area contributed by atoms with Gasteiger partial charge in [0.2, 0.25) is 0 Å². The summed E-state index contributed by atoms with van der Waals surface area (Å²) < 4.78 is 6.09. The van der Waals surface area contributed by atoms with Crippen LogP contribution < -0.4 is 14.5 Å². The first-order chi connectivity index (χ1) is 10.8. The average Bonchev–Trinajstić information content (AvgIpc) is 2.58. The molecule has 3 heteroatoms. The Labute approximate surface area is 133 Å². The maximum absolute atomic E-state index is 6.09. The van der Waals surface area contributed by atoms with Crippen LogP contribution in [0.3, 0.4) is 0 Å². The molecule has 22 heavy (non-hydrogen) atoms. The highest BCUT2D eigenvalue weighted by Crippen LogP contribution is 2.29. The van der Waals surface area contributed by atoms with Crippen LogP contribution in [0.5, 0.6) is 5.75 Å². The molecule has 0 amide bonds. The third kappa shape index (κ3) is 3.87. The number of rotatable bonds is 5. The Morgan fingerprint density at radius 2 is 1.55 bits per heavy atom. The van der Waals surface area contributed by atoms with E-state index in [2.05, 4.69) is 49.5 Å². The second kappa shape index (κ2) is 7.43. The number of nitrogens with one attached hydrogen (secondary N) is 2. The van der Waals surface area contributed by atoms with Gasteiger partial charge >= 0.3 is 0 Å². The van der Waals surface area contributed by atoms with Gasteiger partial charge in [0.05, 0.1) is 7.05 Å². The van der Waals surface area contributed by atoms with Crippen molar-refractivity contribution in [2.75, 3.05) is 46.4 Å². The molecule has 1 fully saturated rings. The van der Waals surface area contributed by atoms with Gasteiger partial charge in [-0.2, -0.15) is 0 Å².